The van der Waals surface area contributed by atoms with Crippen molar-refractivity contribution in [3.63, 3.8) is 0 Å². The fourth-order valence-electron chi connectivity index (χ4n) is 4.26. The van der Waals surface area contributed by atoms with Crippen molar-refractivity contribution in [2.75, 3.05) is 18.0 Å². The number of sulfonamides is 1. The van der Waals surface area contributed by atoms with Crippen LogP contribution in [0, 0.1) is 0 Å². The van der Waals surface area contributed by atoms with Gasteiger partial charge in [0.2, 0.25) is 0 Å². The molecule has 9 heteroatoms. The van der Waals surface area contributed by atoms with Gasteiger partial charge in [0.15, 0.2) is 0 Å². The van der Waals surface area contributed by atoms with Crippen molar-refractivity contribution < 1.29 is 17.9 Å². The van der Waals surface area contributed by atoms with E-state index in [1.54, 1.807) is 30.3 Å². The Morgan fingerprint density at radius 2 is 1.53 bits per heavy atom. The molecule has 0 saturated heterocycles. The van der Waals surface area contributed by atoms with Crippen molar-refractivity contribution in [3.8, 4) is 5.75 Å². The predicted molar refractivity (Wildman–Crippen MR) is 145 cm³/mol. The number of rotatable bonds is 7. The highest BCUT2D eigenvalue weighted by molar-refractivity contribution is 7.92. The van der Waals surface area contributed by atoms with Gasteiger partial charge in [0.1, 0.15) is 12.3 Å². The molecule has 0 aliphatic heterocycles. The van der Waals surface area contributed by atoms with Crippen LogP contribution in [0.3, 0.4) is 0 Å². The average Bonchev–Trinajstić information content (AvgIpc) is 2.87. The summed E-state index contributed by atoms with van der Waals surface area (Å²) in [6.45, 7) is -0.425. The summed E-state index contributed by atoms with van der Waals surface area (Å²) in [5.41, 5.74) is 3.88. The third kappa shape index (κ3) is 8.52. The lowest BCUT2D eigenvalue weighted by atomic mass is 10.00. The topological polar surface area (TPSA) is 88.1 Å². The van der Waals surface area contributed by atoms with Gasteiger partial charge >= 0.3 is 0 Å². The summed E-state index contributed by atoms with van der Waals surface area (Å²) in [5, 5.41) is 4.78. The number of hydrazone groups is 1. The van der Waals surface area contributed by atoms with E-state index >= 15 is 0 Å². The summed E-state index contributed by atoms with van der Waals surface area (Å²) in [5.74, 6) is 0.0273. The van der Waals surface area contributed by atoms with Gasteiger partial charge in [0.25, 0.3) is 15.9 Å². The Bertz CT molecular complexity index is 1110. The number of methoxy groups -OCH3 is 1. The zero-order valence-corrected chi connectivity index (χ0v) is 22.5. The standard InChI is InChI=1S/C27H36ClN3O4S/c1-35-25-16-18-26(19-17-25)36(33,34)31(24-15-11-12-22(28)20-24)21-27(32)30-29-23-13-9-7-5-3-2-4-6-8-10-14-23/h11-12,15-20H,2-10,13-14,21H2,1H3,(H,30,32). The second kappa shape index (κ2) is 14.2. The maximum absolute atomic E-state index is 13.5. The van der Waals surface area contributed by atoms with Gasteiger partial charge in [-0.3, -0.25) is 9.10 Å². The van der Waals surface area contributed by atoms with E-state index in [4.69, 9.17) is 16.3 Å². The van der Waals surface area contributed by atoms with Crippen molar-refractivity contribution >= 4 is 38.9 Å². The number of halogens is 1. The molecular weight excluding hydrogens is 498 g/mol. The van der Waals surface area contributed by atoms with Crippen LogP contribution in [0.15, 0.2) is 58.5 Å². The Balaban J connectivity index is 1.77. The van der Waals surface area contributed by atoms with Crippen LogP contribution in [0.4, 0.5) is 5.69 Å². The molecule has 0 spiro atoms. The Hall–Kier alpha value is -2.58. The van der Waals surface area contributed by atoms with E-state index in [1.807, 2.05) is 0 Å². The van der Waals surface area contributed by atoms with Gasteiger partial charge < -0.3 is 4.74 Å². The van der Waals surface area contributed by atoms with Crippen LogP contribution in [0.25, 0.3) is 0 Å². The normalized spacial score (nSPS) is 15.8. The lowest BCUT2D eigenvalue weighted by Gasteiger charge is -2.24. The summed E-state index contributed by atoms with van der Waals surface area (Å²) in [6, 6.07) is 12.5. The first-order valence-corrected chi connectivity index (χ1v) is 14.5. The lowest BCUT2D eigenvalue weighted by Crippen LogP contribution is -2.39. The Morgan fingerprint density at radius 3 is 2.08 bits per heavy atom. The van der Waals surface area contributed by atoms with Gasteiger partial charge in [0, 0.05) is 10.7 Å². The SMILES string of the molecule is COc1ccc(S(=O)(=O)N(CC(=O)NN=C2CCCCCCCCCCC2)c2cccc(Cl)c2)cc1. The molecule has 1 aliphatic rings. The molecule has 3 rings (SSSR count). The molecule has 36 heavy (non-hydrogen) atoms. The summed E-state index contributed by atoms with van der Waals surface area (Å²) in [6.07, 6.45) is 12.5. The van der Waals surface area contributed by atoms with Crippen LogP contribution in [-0.2, 0) is 14.8 Å². The van der Waals surface area contributed by atoms with E-state index in [2.05, 4.69) is 10.5 Å². The van der Waals surface area contributed by atoms with E-state index in [9.17, 15) is 13.2 Å². The van der Waals surface area contributed by atoms with Gasteiger partial charge in [-0.25, -0.2) is 13.8 Å². The molecule has 1 N–H and O–H groups in total. The molecule has 0 atom stereocenters. The van der Waals surface area contributed by atoms with E-state index < -0.39 is 22.5 Å². The first kappa shape index (κ1) is 28.0. The fraction of sp³-hybridized carbons (Fsp3) is 0.481. The van der Waals surface area contributed by atoms with Crippen LogP contribution in [0.1, 0.15) is 70.6 Å². The second-order valence-electron chi connectivity index (χ2n) is 9.06. The van der Waals surface area contributed by atoms with Crippen LogP contribution >= 0.6 is 11.6 Å². The molecule has 0 bridgehead atoms. The van der Waals surface area contributed by atoms with E-state index in [1.165, 1.54) is 57.4 Å². The smallest absolute Gasteiger partial charge is 0.264 e. The predicted octanol–water partition coefficient (Wildman–Crippen LogP) is 6.32. The summed E-state index contributed by atoms with van der Waals surface area (Å²) in [4.78, 5) is 13.0. The minimum absolute atomic E-state index is 0.0432. The molecule has 196 valence electrons. The van der Waals surface area contributed by atoms with Gasteiger partial charge in [0.05, 0.1) is 17.7 Å². The maximum Gasteiger partial charge on any atom is 0.264 e. The van der Waals surface area contributed by atoms with Crippen LogP contribution in [0.2, 0.25) is 5.02 Å². The number of hydrogen-bond acceptors (Lipinski definition) is 5. The molecule has 0 aromatic heterocycles. The minimum atomic E-state index is -4.05. The first-order chi connectivity index (χ1) is 17.4. The number of amides is 1. The van der Waals surface area contributed by atoms with Crippen LogP contribution in [0.5, 0.6) is 5.75 Å². The zero-order valence-electron chi connectivity index (χ0n) is 20.9. The van der Waals surface area contributed by atoms with E-state index in [0.29, 0.717) is 16.5 Å². The number of benzene rings is 2. The summed E-state index contributed by atoms with van der Waals surface area (Å²) in [7, 11) is -2.54. The molecule has 1 aliphatic carbocycles. The average molecular weight is 534 g/mol. The number of nitrogens with zero attached hydrogens (tertiary/aromatic N) is 2. The number of carbonyl (C=O) groups is 1. The van der Waals surface area contributed by atoms with Crippen molar-refractivity contribution in [3.05, 3.63) is 53.6 Å². The summed E-state index contributed by atoms with van der Waals surface area (Å²) >= 11 is 6.14. The highest BCUT2D eigenvalue weighted by Crippen LogP contribution is 2.27. The quantitative estimate of drug-likeness (QED) is 0.422. The Kier molecular flexibility index (Phi) is 11.1. The Labute approximate surface area is 219 Å². The summed E-state index contributed by atoms with van der Waals surface area (Å²) < 4.78 is 33.2. The number of anilines is 1. The highest BCUT2D eigenvalue weighted by Gasteiger charge is 2.27. The molecule has 2 aromatic carbocycles. The highest BCUT2D eigenvalue weighted by atomic mass is 35.5. The van der Waals surface area contributed by atoms with Crippen LogP contribution < -0.4 is 14.5 Å². The van der Waals surface area contributed by atoms with Crippen LogP contribution in [-0.4, -0.2) is 33.7 Å². The third-order valence-corrected chi connectivity index (χ3v) is 8.32. The number of ether oxygens (including phenoxy) is 1. The van der Waals surface area contributed by atoms with Gasteiger partial charge in [-0.2, -0.15) is 5.10 Å². The second-order valence-corrected chi connectivity index (χ2v) is 11.4. The zero-order chi connectivity index (χ0) is 25.8. The number of nitrogens with one attached hydrogen (secondary N) is 1. The largest absolute Gasteiger partial charge is 0.497 e. The molecule has 1 amide bonds. The number of hydrogen-bond donors (Lipinski definition) is 1. The molecule has 0 heterocycles. The van der Waals surface area contributed by atoms with E-state index in [0.717, 1.165) is 48.5 Å². The molecule has 1 fully saturated rings. The van der Waals surface area contributed by atoms with Crippen molar-refractivity contribution in [2.45, 2.75) is 75.5 Å². The van der Waals surface area contributed by atoms with Gasteiger partial charge in [-0.15, -0.1) is 0 Å². The molecule has 0 unspecified atom stereocenters. The number of carbonyl (C=O) groups excluding carboxylic acids is 1. The molecular formula is C27H36ClN3O4S. The fourth-order valence-corrected chi connectivity index (χ4v) is 5.86. The molecule has 1 saturated carbocycles. The monoisotopic (exact) mass is 533 g/mol. The van der Waals surface area contributed by atoms with Crippen molar-refractivity contribution in [1.82, 2.24) is 5.43 Å². The maximum atomic E-state index is 13.5. The Morgan fingerprint density at radius 1 is 0.944 bits per heavy atom. The van der Waals surface area contributed by atoms with Crippen molar-refractivity contribution in [2.24, 2.45) is 5.10 Å². The van der Waals surface area contributed by atoms with Crippen molar-refractivity contribution in [1.29, 1.82) is 0 Å². The third-order valence-electron chi connectivity index (χ3n) is 6.30. The van der Waals surface area contributed by atoms with E-state index in [-0.39, 0.29) is 4.90 Å². The lowest BCUT2D eigenvalue weighted by molar-refractivity contribution is -0.119. The van der Waals surface area contributed by atoms with Gasteiger partial charge in [-0.05, 0) is 68.1 Å². The minimum Gasteiger partial charge on any atom is -0.497 e. The van der Waals surface area contributed by atoms with Gasteiger partial charge in [-0.1, -0.05) is 62.6 Å². The first-order valence-electron chi connectivity index (χ1n) is 12.7. The molecule has 2 aromatic rings. The molecule has 0 radical (unpaired) electrons. The molecule has 7 nitrogen and oxygen atoms in total.